The molecule has 0 spiro atoms. The first-order valence-corrected chi connectivity index (χ1v) is 23.3. The summed E-state index contributed by atoms with van der Waals surface area (Å²) in [5.74, 6) is 0. The normalized spacial score (nSPS) is 11.3. The van der Waals surface area contributed by atoms with Crippen LogP contribution in [0.15, 0.2) is 209 Å². The molecule has 0 bridgehead atoms. The molecule has 13 rings (SSSR count). The topological polar surface area (TPSA) is 138 Å². The zero-order chi connectivity index (χ0) is 48.5. The average molecular weight is 919 g/mol. The van der Waals surface area contributed by atoms with Crippen LogP contribution >= 0.6 is 0 Å². The van der Waals surface area contributed by atoms with Crippen LogP contribution in [-0.4, -0.2) is 4.57 Å². The van der Waals surface area contributed by atoms with Gasteiger partial charge in [-0.3, -0.25) is 0 Å². The summed E-state index contributed by atoms with van der Waals surface area (Å²) in [5.41, 5.74) is 12.0. The summed E-state index contributed by atoms with van der Waals surface area (Å²) in [5, 5.41) is 54.7. The van der Waals surface area contributed by atoms with Crippen molar-refractivity contribution >= 4 is 77.1 Å². The molecule has 0 radical (unpaired) electrons. The van der Waals surface area contributed by atoms with Crippen molar-refractivity contribution < 1.29 is 8.83 Å². The third-order valence-corrected chi connectivity index (χ3v) is 13.8. The van der Waals surface area contributed by atoms with Gasteiger partial charge in [-0.2, -0.15) is 21.0 Å². The van der Waals surface area contributed by atoms with E-state index in [1.807, 2.05) is 133 Å². The Labute approximate surface area is 411 Å². The number of furan rings is 2. The quantitative estimate of drug-likeness (QED) is 0.168. The lowest BCUT2D eigenvalue weighted by Gasteiger charge is -2.28. The molecule has 3 aromatic heterocycles. The molecule has 0 saturated carbocycles. The van der Waals surface area contributed by atoms with E-state index in [0.29, 0.717) is 78.3 Å². The molecular formula is C64H34N6O2. The zero-order valence-corrected chi connectivity index (χ0v) is 38.1. The summed E-state index contributed by atoms with van der Waals surface area (Å²) in [7, 11) is 0. The molecule has 0 aliphatic heterocycles. The van der Waals surface area contributed by atoms with Crippen molar-refractivity contribution in [2.24, 2.45) is 0 Å². The minimum Gasteiger partial charge on any atom is -0.455 e. The molecule has 13 aromatic rings. The van der Waals surface area contributed by atoms with Crippen LogP contribution in [0.5, 0.6) is 0 Å². The Morgan fingerprint density at radius 3 is 1.49 bits per heavy atom. The smallest absolute Gasteiger partial charge is 0.145 e. The van der Waals surface area contributed by atoms with E-state index in [9.17, 15) is 21.0 Å². The van der Waals surface area contributed by atoms with E-state index in [4.69, 9.17) is 8.83 Å². The lowest BCUT2D eigenvalue weighted by atomic mass is 9.81. The van der Waals surface area contributed by atoms with Gasteiger partial charge < -0.3 is 18.7 Å². The summed E-state index contributed by atoms with van der Waals surface area (Å²) in [6.07, 6.45) is 0. The van der Waals surface area contributed by atoms with Gasteiger partial charge in [-0.15, -0.1) is 0 Å². The number of nitrogens with zero attached hydrogens (tertiary/aromatic N) is 5. The first kappa shape index (κ1) is 41.5. The largest absolute Gasteiger partial charge is 0.455 e. The Bertz CT molecular complexity index is 4620. The maximum absolute atomic E-state index is 12.1. The standard InChI is InChI=1S/C64H34N6O2/c65-34-38-16-1-4-19-41(38)57-51(37-68)58(42-20-5-2-17-39(42)35-66)62(70-53-29-12-8-25-50(53)59-54(70)33-32-49-46-24-10-14-31-56(46)72-64(49)59)60(43-21-6-3-18-40(43)36-67)61(57)69-52-28-11-7-22-44(52)47-26-15-27-48-45-23-9-13-30-55(45)71-63(47)48/h1-33,69H. The summed E-state index contributed by atoms with van der Waals surface area (Å²) in [6.45, 7) is 0. The average Bonchev–Trinajstić information content (AvgIpc) is 4.12. The number of anilines is 2. The van der Waals surface area contributed by atoms with E-state index < -0.39 is 0 Å². The van der Waals surface area contributed by atoms with Crippen molar-refractivity contribution in [3.63, 3.8) is 0 Å². The lowest BCUT2D eigenvalue weighted by molar-refractivity contribution is 0.670. The third kappa shape index (κ3) is 6.15. The molecule has 0 atom stereocenters. The summed E-state index contributed by atoms with van der Waals surface area (Å²) in [4.78, 5) is 0. The van der Waals surface area contributed by atoms with Crippen molar-refractivity contribution in [3.05, 3.63) is 222 Å². The van der Waals surface area contributed by atoms with Crippen LogP contribution in [0.4, 0.5) is 11.4 Å². The number of rotatable bonds is 7. The van der Waals surface area contributed by atoms with Gasteiger partial charge in [-0.1, -0.05) is 146 Å². The maximum Gasteiger partial charge on any atom is 0.145 e. The molecule has 0 aliphatic carbocycles. The number of nitrogens with one attached hydrogen (secondary N) is 1. The van der Waals surface area contributed by atoms with E-state index in [2.05, 4.69) is 70.6 Å². The van der Waals surface area contributed by atoms with Gasteiger partial charge in [0.25, 0.3) is 0 Å². The zero-order valence-electron chi connectivity index (χ0n) is 38.1. The predicted octanol–water partition coefficient (Wildman–Crippen LogP) is 16.5. The van der Waals surface area contributed by atoms with E-state index in [0.717, 1.165) is 65.6 Å². The van der Waals surface area contributed by atoms with Crippen molar-refractivity contribution in [1.29, 1.82) is 21.0 Å². The first-order chi connectivity index (χ1) is 35.6. The molecule has 1 N–H and O–H groups in total. The van der Waals surface area contributed by atoms with Crippen LogP contribution in [0, 0.1) is 45.3 Å². The predicted molar refractivity (Wildman–Crippen MR) is 286 cm³/mol. The highest BCUT2D eigenvalue weighted by molar-refractivity contribution is 6.25. The number of hydrogen-bond acceptors (Lipinski definition) is 7. The van der Waals surface area contributed by atoms with Crippen molar-refractivity contribution in [2.75, 3.05) is 5.32 Å². The van der Waals surface area contributed by atoms with Gasteiger partial charge in [-0.25, -0.2) is 0 Å². The fourth-order valence-corrected chi connectivity index (χ4v) is 10.8. The summed E-state index contributed by atoms with van der Waals surface area (Å²) < 4.78 is 15.6. The van der Waals surface area contributed by atoms with Crippen molar-refractivity contribution in [1.82, 2.24) is 4.57 Å². The Balaban J connectivity index is 1.26. The number of aromatic nitrogens is 1. The second-order valence-corrected chi connectivity index (χ2v) is 17.5. The molecular weight excluding hydrogens is 885 g/mol. The van der Waals surface area contributed by atoms with Gasteiger partial charge in [0.2, 0.25) is 0 Å². The highest BCUT2D eigenvalue weighted by Crippen LogP contribution is 2.54. The Hall–Kier alpha value is -10.6. The van der Waals surface area contributed by atoms with Crippen LogP contribution in [0.3, 0.4) is 0 Å². The highest BCUT2D eigenvalue weighted by Gasteiger charge is 2.33. The molecule has 0 aliphatic rings. The molecule has 332 valence electrons. The Morgan fingerprint density at radius 2 is 0.847 bits per heavy atom. The summed E-state index contributed by atoms with van der Waals surface area (Å²) in [6, 6.07) is 74.2. The van der Waals surface area contributed by atoms with Crippen LogP contribution < -0.4 is 5.32 Å². The molecule has 0 unspecified atom stereocenters. The molecule has 8 nitrogen and oxygen atoms in total. The van der Waals surface area contributed by atoms with Gasteiger partial charge in [-0.05, 0) is 54.6 Å². The molecule has 0 saturated heterocycles. The van der Waals surface area contributed by atoms with Crippen LogP contribution in [0.2, 0.25) is 0 Å². The van der Waals surface area contributed by atoms with E-state index >= 15 is 0 Å². The van der Waals surface area contributed by atoms with Crippen molar-refractivity contribution in [3.8, 4) is 74.5 Å². The molecule has 3 heterocycles. The second kappa shape index (κ2) is 16.6. The maximum atomic E-state index is 12.1. The number of nitriles is 4. The SMILES string of the molecule is N#Cc1ccccc1-c1c(C#N)c(-c2ccccc2C#N)c(-n2c3ccccc3c3c4oc5ccccc5c4ccc32)c(-c2ccccc2C#N)c1Nc1ccccc1-c1cccc2c1oc1ccccc12. The lowest BCUT2D eigenvalue weighted by Crippen LogP contribution is -2.10. The Kier molecular flexibility index (Phi) is 9.55. The van der Waals surface area contributed by atoms with E-state index in [1.54, 1.807) is 30.3 Å². The minimum absolute atomic E-state index is 0.212. The van der Waals surface area contributed by atoms with E-state index in [1.165, 1.54) is 0 Å². The fourth-order valence-electron chi connectivity index (χ4n) is 10.8. The van der Waals surface area contributed by atoms with Crippen molar-refractivity contribution in [2.45, 2.75) is 0 Å². The van der Waals surface area contributed by atoms with Gasteiger partial charge in [0.05, 0.1) is 68.3 Å². The second-order valence-electron chi connectivity index (χ2n) is 17.5. The number of hydrogen-bond donors (Lipinski definition) is 1. The van der Waals surface area contributed by atoms with Gasteiger partial charge in [0, 0.05) is 77.1 Å². The Morgan fingerprint density at radius 1 is 0.361 bits per heavy atom. The molecule has 0 fully saturated rings. The fraction of sp³-hybridized carbons (Fsp3) is 0. The van der Waals surface area contributed by atoms with Gasteiger partial charge in [0.15, 0.2) is 0 Å². The third-order valence-electron chi connectivity index (χ3n) is 13.8. The molecule has 0 amide bonds. The van der Waals surface area contributed by atoms with Crippen LogP contribution in [0.1, 0.15) is 22.3 Å². The van der Waals surface area contributed by atoms with E-state index in [-0.39, 0.29) is 5.56 Å². The number of fused-ring (bicyclic) bond motifs is 10. The molecule has 72 heavy (non-hydrogen) atoms. The van der Waals surface area contributed by atoms with Crippen LogP contribution in [0.25, 0.3) is 116 Å². The molecule has 10 aromatic carbocycles. The number of para-hydroxylation sites is 5. The highest BCUT2D eigenvalue weighted by atomic mass is 16.3. The monoisotopic (exact) mass is 918 g/mol. The summed E-state index contributed by atoms with van der Waals surface area (Å²) >= 11 is 0. The van der Waals surface area contributed by atoms with Gasteiger partial charge >= 0.3 is 0 Å². The van der Waals surface area contributed by atoms with Gasteiger partial charge in [0.1, 0.15) is 28.4 Å². The molecule has 8 heteroatoms. The number of benzene rings is 10. The first-order valence-electron chi connectivity index (χ1n) is 23.3. The van der Waals surface area contributed by atoms with Crippen LogP contribution in [-0.2, 0) is 0 Å². The minimum atomic E-state index is 0.212.